The minimum Gasteiger partial charge on any atom is -0.459 e. The van der Waals surface area contributed by atoms with Crippen LogP contribution in [0.15, 0.2) is 24.8 Å². The Morgan fingerprint density at radius 1 is 1.33 bits per heavy atom. The first-order chi connectivity index (χ1) is 12.6. The van der Waals surface area contributed by atoms with Crippen molar-refractivity contribution in [3.8, 4) is 11.6 Å². The fourth-order valence-electron chi connectivity index (χ4n) is 2.07. The van der Waals surface area contributed by atoms with Gasteiger partial charge in [-0.25, -0.2) is 4.98 Å². The number of nitrogens with zero attached hydrogens (tertiary/aromatic N) is 5. The average Bonchev–Trinajstić information content (AvgIpc) is 2.52. The molecule has 2 aromatic heterocycles. The van der Waals surface area contributed by atoms with Crippen molar-refractivity contribution in [3.63, 3.8) is 0 Å². The number of nitro groups is 1. The van der Waals surface area contributed by atoms with Gasteiger partial charge in [0.15, 0.2) is 0 Å². The SMILES string of the molecule is CN(CC(=O)OC(C)(C)C)c1ncnc(Oc2cncc(Cl)c2)c1[N+](=O)[O-]. The number of hydrogen-bond acceptors (Lipinski definition) is 9. The smallest absolute Gasteiger partial charge is 0.373 e. The lowest BCUT2D eigenvalue weighted by atomic mass is 10.2. The van der Waals surface area contributed by atoms with Crippen LogP contribution < -0.4 is 9.64 Å². The van der Waals surface area contributed by atoms with Gasteiger partial charge in [0.1, 0.15) is 24.2 Å². The molecular weight excluding hydrogens is 378 g/mol. The van der Waals surface area contributed by atoms with E-state index in [1.54, 1.807) is 20.8 Å². The van der Waals surface area contributed by atoms with Crippen LogP contribution in [0.2, 0.25) is 5.02 Å². The molecule has 0 aromatic carbocycles. The third kappa shape index (κ3) is 5.74. The number of pyridine rings is 1. The summed E-state index contributed by atoms with van der Waals surface area (Å²) in [6.07, 6.45) is 3.83. The second-order valence-electron chi connectivity index (χ2n) is 6.49. The van der Waals surface area contributed by atoms with Gasteiger partial charge in [-0.1, -0.05) is 11.6 Å². The topological polar surface area (TPSA) is 121 Å². The van der Waals surface area contributed by atoms with Crippen molar-refractivity contribution in [3.05, 3.63) is 39.9 Å². The average molecular weight is 396 g/mol. The van der Waals surface area contributed by atoms with Gasteiger partial charge in [-0.3, -0.25) is 19.9 Å². The van der Waals surface area contributed by atoms with Crippen LogP contribution in [0.1, 0.15) is 20.8 Å². The highest BCUT2D eigenvalue weighted by Gasteiger charge is 2.29. The Kier molecular flexibility index (Phi) is 6.11. The van der Waals surface area contributed by atoms with Crippen molar-refractivity contribution < 1.29 is 19.2 Å². The van der Waals surface area contributed by atoms with Crippen molar-refractivity contribution in [2.24, 2.45) is 0 Å². The number of hydrogen-bond donors (Lipinski definition) is 0. The first-order valence-electron chi connectivity index (χ1n) is 7.77. The Bertz CT molecular complexity index is 855. The van der Waals surface area contributed by atoms with Crippen molar-refractivity contribution in [1.29, 1.82) is 0 Å². The van der Waals surface area contributed by atoms with Gasteiger partial charge >= 0.3 is 17.5 Å². The molecular formula is C16H18ClN5O5. The highest BCUT2D eigenvalue weighted by Crippen LogP contribution is 2.35. The van der Waals surface area contributed by atoms with E-state index in [1.165, 1.54) is 30.4 Å². The maximum Gasteiger partial charge on any atom is 0.373 e. The Balaban J connectivity index is 2.31. The molecule has 0 atom stereocenters. The molecule has 0 bridgehead atoms. The lowest BCUT2D eigenvalue weighted by Crippen LogP contribution is -2.33. The Morgan fingerprint density at radius 2 is 2.04 bits per heavy atom. The lowest BCUT2D eigenvalue weighted by Gasteiger charge is -2.23. The molecule has 11 heteroatoms. The molecule has 0 aliphatic rings. The third-order valence-corrected chi connectivity index (χ3v) is 3.20. The highest BCUT2D eigenvalue weighted by molar-refractivity contribution is 6.30. The van der Waals surface area contributed by atoms with Crippen LogP contribution in [0.5, 0.6) is 11.6 Å². The van der Waals surface area contributed by atoms with Gasteiger partial charge in [0, 0.05) is 19.3 Å². The molecule has 10 nitrogen and oxygen atoms in total. The summed E-state index contributed by atoms with van der Waals surface area (Å²) in [5.41, 5.74) is -1.17. The number of rotatable bonds is 6. The number of aromatic nitrogens is 3. The van der Waals surface area contributed by atoms with E-state index < -0.39 is 22.2 Å². The standard InChI is InChI=1S/C16H18ClN5O5/c1-16(2,3)27-12(23)8-21(4)14-13(22(24)25)15(20-9-19-14)26-11-5-10(17)6-18-7-11/h5-7,9H,8H2,1-4H3. The number of carbonyl (C=O) groups is 1. The monoisotopic (exact) mass is 395 g/mol. The Hall–Kier alpha value is -3.01. The van der Waals surface area contributed by atoms with E-state index in [0.717, 1.165) is 6.33 Å². The summed E-state index contributed by atoms with van der Waals surface area (Å²) >= 11 is 5.84. The Morgan fingerprint density at radius 3 is 2.63 bits per heavy atom. The molecule has 27 heavy (non-hydrogen) atoms. The quantitative estimate of drug-likeness (QED) is 0.412. The minimum atomic E-state index is -0.686. The molecule has 0 aliphatic heterocycles. The predicted octanol–water partition coefficient (Wildman–Crippen LogP) is 3.00. The summed E-state index contributed by atoms with van der Waals surface area (Å²) in [7, 11) is 1.48. The van der Waals surface area contributed by atoms with Gasteiger partial charge in [0.05, 0.1) is 16.1 Å². The molecule has 0 N–H and O–H groups in total. The molecule has 0 fully saturated rings. The van der Waals surface area contributed by atoms with Gasteiger partial charge in [-0.2, -0.15) is 4.98 Å². The molecule has 2 heterocycles. The lowest BCUT2D eigenvalue weighted by molar-refractivity contribution is -0.385. The minimum absolute atomic E-state index is 0.0918. The first-order valence-corrected chi connectivity index (χ1v) is 8.15. The zero-order valence-corrected chi connectivity index (χ0v) is 15.9. The molecule has 2 rings (SSSR count). The molecule has 0 spiro atoms. The van der Waals surface area contributed by atoms with E-state index >= 15 is 0 Å². The molecule has 0 saturated heterocycles. The summed E-state index contributed by atoms with van der Waals surface area (Å²) < 4.78 is 10.7. The maximum atomic E-state index is 12.0. The molecule has 0 radical (unpaired) electrons. The molecule has 2 aromatic rings. The predicted molar refractivity (Wildman–Crippen MR) is 97.1 cm³/mol. The Labute approximate surface area is 160 Å². The number of anilines is 1. The summed E-state index contributed by atoms with van der Waals surface area (Å²) in [5.74, 6) is -0.777. The van der Waals surface area contributed by atoms with Gasteiger partial charge in [-0.15, -0.1) is 0 Å². The molecule has 0 amide bonds. The third-order valence-electron chi connectivity index (χ3n) is 2.99. The number of esters is 1. The number of likely N-dealkylation sites (N-methyl/N-ethyl adjacent to an activating group) is 1. The van der Waals surface area contributed by atoms with Crippen LogP contribution in [0, 0.1) is 10.1 Å². The van der Waals surface area contributed by atoms with Crippen LogP contribution >= 0.6 is 11.6 Å². The van der Waals surface area contributed by atoms with E-state index in [9.17, 15) is 14.9 Å². The van der Waals surface area contributed by atoms with E-state index in [2.05, 4.69) is 15.0 Å². The fraction of sp³-hybridized carbons (Fsp3) is 0.375. The van der Waals surface area contributed by atoms with E-state index in [0.29, 0.717) is 5.02 Å². The van der Waals surface area contributed by atoms with Gasteiger partial charge < -0.3 is 14.4 Å². The van der Waals surface area contributed by atoms with Gasteiger partial charge in [0.2, 0.25) is 5.82 Å². The second-order valence-corrected chi connectivity index (χ2v) is 6.93. The van der Waals surface area contributed by atoms with E-state index in [4.69, 9.17) is 21.1 Å². The highest BCUT2D eigenvalue weighted by atomic mass is 35.5. The van der Waals surface area contributed by atoms with Crippen molar-refractivity contribution in [2.45, 2.75) is 26.4 Å². The maximum absolute atomic E-state index is 12.0. The first kappa shape index (κ1) is 20.3. The van der Waals surface area contributed by atoms with Crippen LogP contribution in [0.25, 0.3) is 0 Å². The van der Waals surface area contributed by atoms with Crippen LogP contribution in [0.3, 0.4) is 0 Å². The van der Waals surface area contributed by atoms with Crippen LogP contribution in [-0.2, 0) is 9.53 Å². The van der Waals surface area contributed by atoms with Crippen molar-refractivity contribution in [1.82, 2.24) is 15.0 Å². The summed E-state index contributed by atoms with van der Waals surface area (Å²) in [4.78, 5) is 35.8. The summed E-state index contributed by atoms with van der Waals surface area (Å²) in [6, 6.07) is 1.43. The number of ether oxygens (including phenoxy) is 2. The van der Waals surface area contributed by atoms with E-state index in [-0.39, 0.29) is 24.0 Å². The van der Waals surface area contributed by atoms with Crippen LogP contribution in [-0.4, -0.2) is 45.0 Å². The fourth-order valence-corrected chi connectivity index (χ4v) is 2.23. The zero-order valence-electron chi connectivity index (χ0n) is 15.2. The molecule has 0 unspecified atom stereocenters. The van der Waals surface area contributed by atoms with Crippen molar-refractivity contribution in [2.75, 3.05) is 18.5 Å². The number of carbonyl (C=O) groups excluding carboxylic acids is 1. The number of halogens is 1. The molecule has 0 saturated carbocycles. The van der Waals surface area contributed by atoms with Gasteiger partial charge in [0.25, 0.3) is 0 Å². The largest absolute Gasteiger partial charge is 0.459 e. The summed E-state index contributed by atoms with van der Waals surface area (Å²) in [5, 5.41) is 11.9. The normalized spacial score (nSPS) is 11.0. The van der Waals surface area contributed by atoms with Gasteiger partial charge in [-0.05, 0) is 20.8 Å². The van der Waals surface area contributed by atoms with E-state index in [1.807, 2.05) is 0 Å². The van der Waals surface area contributed by atoms with Crippen LogP contribution in [0.4, 0.5) is 11.5 Å². The summed E-state index contributed by atoms with van der Waals surface area (Å²) in [6.45, 7) is 4.93. The molecule has 144 valence electrons. The molecule has 0 aliphatic carbocycles. The second kappa shape index (κ2) is 8.12. The zero-order chi connectivity index (χ0) is 20.2. The van der Waals surface area contributed by atoms with Crippen molar-refractivity contribution >= 4 is 29.1 Å².